The first-order valence-electron chi connectivity index (χ1n) is 6.86. The Labute approximate surface area is 128 Å². The minimum absolute atomic E-state index is 0.00301. The summed E-state index contributed by atoms with van der Waals surface area (Å²) in [6.07, 6.45) is 1.50. The predicted molar refractivity (Wildman–Crippen MR) is 77.6 cm³/mol. The predicted octanol–water partition coefficient (Wildman–Crippen LogP) is 1.87. The van der Waals surface area contributed by atoms with E-state index in [9.17, 15) is 9.59 Å². The van der Waals surface area contributed by atoms with Gasteiger partial charge in [-0.25, -0.2) is 5.06 Å². The number of benzene rings is 1. The molecule has 0 heterocycles. The highest BCUT2D eigenvalue weighted by Crippen LogP contribution is 2.68. The van der Waals surface area contributed by atoms with E-state index in [2.05, 4.69) is 5.32 Å². The van der Waals surface area contributed by atoms with Gasteiger partial charge in [0.25, 0.3) is 11.8 Å². The van der Waals surface area contributed by atoms with E-state index in [-0.39, 0.29) is 29.2 Å². The van der Waals surface area contributed by atoms with Gasteiger partial charge in [-0.1, -0.05) is 17.7 Å². The molecule has 6 heteroatoms. The van der Waals surface area contributed by atoms with Crippen LogP contribution in [-0.2, 0) is 9.63 Å². The zero-order valence-electron chi connectivity index (χ0n) is 11.9. The van der Waals surface area contributed by atoms with Crippen molar-refractivity contribution in [1.82, 2.24) is 10.4 Å². The maximum absolute atomic E-state index is 12.1. The molecule has 3 atom stereocenters. The van der Waals surface area contributed by atoms with Crippen LogP contribution in [0.15, 0.2) is 24.3 Å². The van der Waals surface area contributed by atoms with Gasteiger partial charge in [-0.05, 0) is 37.0 Å². The summed E-state index contributed by atoms with van der Waals surface area (Å²) in [4.78, 5) is 29.2. The average molecular weight is 309 g/mol. The number of nitrogens with zero attached hydrogens (tertiary/aromatic N) is 1. The Bertz CT molecular complexity index is 606. The van der Waals surface area contributed by atoms with Gasteiger partial charge in [0.15, 0.2) is 0 Å². The molecule has 5 nitrogen and oxygen atoms in total. The van der Waals surface area contributed by atoms with Crippen molar-refractivity contribution in [1.29, 1.82) is 0 Å². The molecule has 1 N–H and O–H groups in total. The molecule has 2 aliphatic carbocycles. The minimum atomic E-state index is -0.308. The fourth-order valence-electron chi connectivity index (χ4n) is 3.23. The van der Waals surface area contributed by atoms with Gasteiger partial charge in [-0.3, -0.25) is 14.4 Å². The number of amides is 2. The smallest absolute Gasteiger partial charge is 0.252 e. The van der Waals surface area contributed by atoms with Crippen LogP contribution in [0.2, 0.25) is 5.02 Å². The molecule has 21 heavy (non-hydrogen) atoms. The number of hydrogen-bond donors (Lipinski definition) is 1. The van der Waals surface area contributed by atoms with E-state index < -0.39 is 0 Å². The normalized spacial score (nSPS) is 29.1. The highest BCUT2D eigenvalue weighted by Gasteiger charge is 2.72. The maximum atomic E-state index is 12.1. The van der Waals surface area contributed by atoms with Crippen molar-refractivity contribution in [3.63, 3.8) is 0 Å². The summed E-state index contributed by atoms with van der Waals surface area (Å²) < 4.78 is 0. The molecule has 2 aliphatic rings. The number of carbonyl (C=O) groups is 2. The highest BCUT2D eigenvalue weighted by atomic mass is 35.5. The van der Waals surface area contributed by atoms with Gasteiger partial charge in [0, 0.05) is 23.7 Å². The molecular formula is C15H17ClN2O3. The summed E-state index contributed by atoms with van der Waals surface area (Å²) >= 11 is 5.88. The first-order chi connectivity index (χ1) is 9.98. The number of hydrogen-bond acceptors (Lipinski definition) is 3. The zero-order chi connectivity index (χ0) is 15.2. The summed E-state index contributed by atoms with van der Waals surface area (Å²) in [5, 5.41) is 4.79. The Morgan fingerprint density at radius 1 is 1.43 bits per heavy atom. The van der Waals surface area contributed by atoms with Gasteiger partial charge < -0.3 is 5.32 Å². The van der Waals surface area contributed by atoms with Crippen molar-refractivity contribution < 1.29 is 14.4 Å². The molecule has 2 amide bonds. The van der Waals surface area contributed by atoms with Crippen LogP contribution in [0.5, 0.6) is 0 Å². The lowest BCUT2D eigenvalue weighted by atomic mass is 9.79. The molecule has 3 unspecified atom stereocenters. The van der Waals surface area contributed by atoms with Crippen LogP contribution in [0, 0.1) is 11.3 Å². The second-order valence-corrected chi connectivity index (χ2v) is 6.18. The molecule has 1 aromatic carbocycles. The number of rotatable bonds is 4. The third-order valence-electron chi connectivity index (χ3n) is 4.59. The summed E-state index contributed by atoms with van der Waals surface area (Å²) in [6.45, 7) is 0. The molecule has 0 spiro atoms. The highest BCUT2D eigenvalue weighted by molar-refractivity contribution is 6.30. The minimum Gasteiger partial charge on any atom is -0.349 e. The summed E-state index contributed by atoms with van der Waals surface area (Å²) in [7, 11) is 3.09. The summed E-state index contributed by atoms with van der Waals surface area (Å²) in [6, 6.07) is 6.90. The van der Waals surface area contributed by atoms with Gasteiger partial charge in [0.2, 0.25) is 0 Å². The topological polar surface area (TPSA) is 58.6 Å². The third-order valence-corrected chi connectivity index (χ3v) is 4.83. The first-order valence-corrected chi connectivity index (χ1v) is 7.24. The Morgan fingerprint density at radius 3 is 2.81 bits per heavy atom. The lowest BCUT2D eigenvalue weighted by Gasteiger charge is -2.35. The lowest BCUT2D eigenvalue weighted by Crippen LogP contribution is -2.51. The molecule has 2 fully saturated rings. The Morgan fingerprint density at radius 2 is 2.19 bits per heavy atom. The molecule has 0 radical (unpaired) electrons. The van der Waals surface area contributed by atoms with E-state index in [4.69, 9.17) is 16.4 Å². The van der Waals surface area contributed by atoms with Gasteiger partial charge in [0.1, 0.15) is 0 Å². The van der Waals surface area contributed by atoms with Crippen LogP contribution in [-0.4, -0.2) is 37.1 Å². The number of nitrogens with one attached hydrogen (secondary N) is 1. The van der Waals surface area contributed by atoms with Crippen molar-refractivity contribution in [2.75, 3.05) is 14.2 Å². The van der Waals surface area contributed by atoms with Crippen molar-refractivity contribution in [2.45, 2.75) is 18.9 Å². The third kappa shape index (κ3) is 2.30. The monoisotopic (exact) mass is 308 g/mol. The van der Waals surface area contributed by atoms with Crippen molar-refractivity contribution >= 4 is 23.4 Å². The number of carbonyl (C=O) groups excluding carboxylic acids is 2. The van der Waals surface area contributed by atoms with Gasteiger partial charge in [0.05, 0.1) is 12.5 Å². The average Bonchev–Trinajstić information content (AvgIpc) is 3.09. The van der Waals surface area contributed by atoms with E-state index in [1.165, 1.54) is 12.2 Å². The second kappa shape index (κ2) is 5.00. The quantitative estimate of drug-likeness (QED) is 0.864. The molecular weight excluding hydrogens is 292 g/mol. The number of hydroxylamine groups is 2. The molecule has 3 rings (SSSR count). The van der Waals surface area contributed by atoms with E-state index in [0.717, 1.165) is 6.42 Å². The van der Waals surface area contributed by atoms with Gasteiger partial charge in [-0.15, -0.1) is 0 Å². The fourth-order valence-corrected chi connectivity index (χ4v) is 3.42. The summed E-state index contributed by atoms with van der Waals surface area (Å²) in [5.41, 5.74) is 0.234. The van der Waals surface area contributed by atoms with E-state index >= 15 is 0 Å². The van der Waals surface area contributed by atoms with Gasteiger partial charge in [-0.2, -0.15) is 0 Å². The second-order valence-electron chi connectivity index (χ2n) is 5.75. The standard InChI is InChI=1S/C15H17ClN2O3/c1-18(21-2)14(20)15-7-11(15)12(8-15)17-13(19)9-4-3-5-10(16)6-9/h3-6,11-12H,7-8H2,1-2H3,(H,17,19). The molecule has 0 bridgehead atoms. The lowest BCUT2D eigenvalue weighted by molar-refractivity contribution is -0.178. The van der Waals surface area contributed by atoms with Crippen molar-refractivity contribution in [3.8, 4) is 0 Å². The Hall–Kier alpha value is -1.59. The van der Waals surface area contributed by atoms with Crippen LogP contribution < -0.4 is 5.32 Å². The summed E-state index contributed by atoms with van der Waals surface area (Å²) in [5.74, 6) is 0.0875. The zero-order valence-corrected chi connectivity index (χ0v) is 12.7. The van der Waals surface area contributed by atoms with Crippen molar-refractivity contribution in [2.24, 2.45) is 11.3 Å². The van der Waals surface area contributed by atoms with Crippen molar-refractivity contribution in [3.05, 3.63) is 34.9 Å². The van der Waals surface area contributed by atoms with E-state index in [1.807, 2.05) is 0 Å². The van der Waals surface area contributed by atoms with Gasteiger partial charge >= 0.3 is 0 Å². The van der Waals surface area contributed by atoms with E-state index in [1.54, 1.807) is 31.3 Å². The molecule has 112 valence electrons. The maximum Gasteiger partial charge on any atom is 0.252 e. The number of halogens is 1. The molecule has 0 saturated heterocycles. The SMILES string of the molecule is CON(C)C(=O)C12CC(NC(=O)c3cccc(Cl)c3)C1C2. The molecule has 0 aliphatic heterocycles. The first kappa shape index (κ1) is 14.4. The molecule has 2 saturated carbocycles. The van der Waals surface area contributed by atoms with Crippen LogP contribution >= 0.6 is 11.6 Å². The van der Waals surface area contributed by atoms with E-state index in [0.29, 0.717) is 17.0 Å². The number of fused-ring (bicyclic) bond motifs is 1. The van der Waals surface area contributed by atoms with Crippen LogP contribution in [0.25, 0.3) is 0 Å². The molecule has 0 aromatic heterocycles. The fraction of sp³-hybridized carbons (Fsp3) is 0.467. The largest absolute Gasteiger partial charge is 0.349 e. The van der Waals surface area contributed by atoms with Crippen LogP contribution in [0.1, 0.15) is 23.2 Å². The molecule has 1 aromatic rings. The van der Waals surface area contributed by atoms with Crippen LogP contribution in [0.3, 0.4) is 0 Å². The van der Waals surface area contributed by atoms with Crippen LogP contribution in [0.4, 0.5) is 0 Å². The Balaban J connectivity index is 1.59. The Kier molecular flexibility index (Phi) is 3.42.